The van der Waals surface area contributed by atoms with Crippen LogP contribution in [0, 0.1) is 0 Å². The van der Waals surface area contributed by atoms with Gasteiger partial charge in [-0.3, -0.25) is 4.79 Å². The van der Waals surface area contributed by atoms with E-state index in [0.717, 1.165) is 24.8 Å². The Morgan fingerprint density at radius 1 is 1.04 bits per heavy atom. The second-order valence-corrected chi connectivity index (χ2v) is 6.49. The van der Waals surface area contributed by atoms with Gasteiger partial charge in [-0.25, -0.2) is 0 Å². The lowest BCUT2D eigenvalue weighted by Gasteiger charge is -2.31. The van der Waals surface area contributed by atoms with Crippen molar-refractivity contribution in [3.63, 3.8) is 0 Å². The average Bonchev–Trinajstić information content (AvgIpc) is 2.62. The van der Waals surface area contributed by atoms with Gasteiger partial charge < -0.3 is 9.84 Å². The van der Waals surface area contributed by atoms with Crippen LogP contribution in [0.4, 0.5) is 13.2 Å². The first-order chi connectivity index (χ1) is 12.6. The highest BCUT2D eigenvalue weighted by Gasteiger charge is 2.58. The van der Waals surface area contributed by atoms with E-state index in [1.165, 1.54) is 12.1 Å². The molecule has 0 radical (unpaired) electrons. The first-order valence-electron chi connectivity index (χ1n) is 7.96. The number of benzene rings is 2. The summed E-state index contributed by atoms with van der Waals surface area (Å²) in [7, 11) is 1.00. The van der Waals surface area contributed by atoms with Gasteiger partial charge in [0, 0.05) is 23.4 Å². The lowest BCUT2D eigenvalue weighted by atomic mass is 9.90. The lowest BCUT2D eigenvalue weighted by Crippen LogP contribution is -2.44. The average molecular weight is 399 g/mol. The molecule has 27 heavy (non-hydrogen) atoms. The maximum atomic E-state index is 13.4. The van der Waals surface area contributed by atoms with E-state index in [0.29, 0.717) is 10.6 Å². The predicted octanol–water partition coefficient (Wildman–Crippen LogP) is 4.60. The molecule has 2 aromatic carbocycles. The minimum absolute atomic E-state index is 0.0541. The van der Waals surface area contributed by atoms with Crippen LogP contribution >= 0.6 is 11.6 Å². The third kappa shape index (κ3) is 4.70. The van der Waals surface area contributed by atoms with E-state index < -0.39 is 23.1 Å². The molecule has 0 aromatic heterocycles. The monoisotopic (exact) mass is 398 g/mol. The summed E-state index contributed by atoms with van der Waals surface area (Å²) in [6, 6.07) is 11.8. The molecule has 1 unspecified atom stereocenters. The Kier molecular flexibility index (Phi) is 6.34. The standard InChI is InChI=1S/C20H18ClF3O3/c1-13(27-2)19(26,20(22,23)24)16-7-3-14(4-8-16)11-18(25)12-15-5-9-17(21)10-6-15/h3-10,26H,1,11-12H2,2H3. The quantitative estimate of drug-likeness (QED) is 0.693. The molecule has 3 nitrogen and oxygen atoms in total. The van der Waals surface area contributed by atoms with Gasteiger partial charge in [-0.05, 0) is 23.3 Å². The molecule has 7 heteroatoms. The number of rotatable bonds is 7. The van der Waals surface area contributed by atoms with Crippen LogP contribution in [0.1, 0.15) is 16.7 Å². The van der Waals surface area contributed by atoms with E-state index >= 15 is 0 Å². The molecule has 144 valence electrons. The molecule has 0 saturated heterocycles. The summed E-state index contributed by atoms with van der Waals surface area (Å²) in [5, 5.41) is 10.7. The zero-order chi connectivity index (χ0) is 20.2. The minimum Gasteiger partial charge on any atom is -0.498 e. The summed E-state index contributed by atoms with van der Waals surface area (Å²) in [6.07, 6.45) is -4.77. The fourth-order valence-corrected chi connectivity index (χ4v) is 2.74. The molecule has 0 aliphatic rings. The second kappa shape index (κ2) is 8.15. The Morgan fingerprint density at radius 2 is 1.48 bits per heavy atom. The first-order valence-corrected chi connectivity index (χ1v) is 8.33. The summed E-state index contributed by atoms with van der Waals surface area (Å²) in [6.45, 7) is 3.16. The van der Waals surface area contributed by atoms with E-state index in [-0.39, 0.29) is 18.6 Å². The Bertz CT molecular complexity index is 814. The number of hydrogen-bond donors (Lipinski definition) is 1. The van der Waals surface area contributed by atoms with Gasteiger partial charge in [0.1, 0.15) is 11.5 Å². The van der Waals surface area contributed by atoms with Crippen molar-refractivity contribution in [3.05, 3.63) is 82.6 Å². The number of halogens is 4. The predicted molar refractivity (Wildman–Crippen MR) is 96.4 cm³/mol. The van der Waals surface area contributed by atoms with E-state index in [1.54, 1.807) is 24.3 Å². The molecule has 0 fully saturated rings. The van der Waals surface area contributed by atoms with E-state index in [4.69, 9.17) is 11.6 Å². The molecule has 2 aromatic rings. The molecule has 0 saturated carbocycles. The fourth-order valence-electron chi connectivity index (χ4n) is 2.61. The summed E-state index contributed by atoms with van der Waals surface area (Å²) in [5.74, 6) is -0.931. The molecule has 0 amide bonds. The van der Waals surface area contributed by atoms with Gasteiger partial charge in [0.25, 0.3) is 0 Å². The van der Waals surface area contributed by atoms with Gasteiger partial charge in [-0.15, -0.1) is 0 Å². The Labute approximate surface area is 160 Å². The molecular weight excluding hydrogens is 381 g/mol. The van der Waals surface area contributed by atoms with Gasteiger partial charge in [-0.1, -0.05) is 54.6 Å². The maximum Gasteiger partial charge on any atom is 0.428 e. The molecule has 2 rings (SSSR count). The highest BCUT2D eigenvalue weighted by atomic mass is 35.5. The van der Waals surface area contributed by atoms with Crippen LogP contribution in [0.2, 0.25) is 5.02 Å². The number of carbonyl (C=O) groups excluding carboxylic acids is 1. The van der Waals surface area contributed by atoms with Crippen molar-refractivity contribution in [2.24, 2.45) is 0 Å². The van der Waals surface area contributed by atoms with Gasteiger partial charge in [0.05, 0.1) is 7.11 Å². The van der Waals surface area contributed by atoms with Crippen molar-refractivity contribution in [2.75, 3.05) is 7.11 Å². The normalized spacial score (nSPS) is 13.7. The molecular formula is C20H18ClF3O3. The van der Waals surface area contributed by atoms with Crippen molar-refractivity contribution < 1.29 is 27.8 Å². The lowest BCUT2D eigenvalue weighted by molar-refractivity contribution is -0.261. The van der Waals surface area contributed by atoms with Gasteiger partial charge in [0.2, 0.25) is 5.60 Å². The van der Waals surface area contributed by atoms with E-state index in [9.17, 15) is 23.1 Å². The van der Waals surface area contributed by atoms with Crippen molar-refractivity contribution in [3.8, 4) is 0 Å². The third-order valence-corrected chi connectivity index (χ3v) is 4.40. The summed E-state index contributed by atoms with van der Waals surface area (Å²) >= 11 is 5.79. The van der Waals surface area contributed by atoms with E-state index in [1.807, 2.05) is 0 Å². The summed E-state index contributed by atoms with van der Waals surface area (Å²) in [4.78, 5) is 12.2. The number of ether oxygens (including phenoxy) is 1. The maximum absolute atomic E-state index is 13.4. The third-order valence-electron chi connectivity index (χ3n) is 4.15. The first kappa shape index (κ1) is 21.0. The Morgan fingerprint density at radius 3 is 1.89 bits per heavy atom. The molecule has 0 heterocycles. The minimum atomic E-state index is -5.01. The molecule has 0 spiro atoms. The van der Waals surface area contributed by atoms with Gasteiger partial charge in [-0.2, -0.15) is 13.2 Å². The number of methoxy groups -OCH3 is 1. The highest BCUT2D eigenvalue weighted by molar-refractivity contribution is 6.30. The number of Topliss-reactive ketones (excluding diaryl/α,β-unsaturated/α-hetero) is 1. The van der Waals surface area contributed by atoms with Crippen LogP contribution in [-0.2, 0) is 28.0 Å². The van der Waals surface area contributed by atoms with Crippen LogP contribution < -0.4 is 0 Å². The van der Waals surface area contributed by atoms with Gasteiger partial charge >= 0.3 is 6.18 Å². The second-order valence-electron chi connectivity index (χ2n) is 6.05. The van der Waals surface area contributed by atoms with Gasteiger partial charge in [0.15, 0.2) is 0 Å². The molecule has 1 atom stereocenters. The summed E-state index contributed by atoms with van der Waals surface area (Å²) in [5.41, 5.74) is -2.43. The molecule has 0 aliphatic carbocycles. The topological polar surface area (TPSA) is 46.5 Å². The Hall–Kier alpha value is -2.31. The smallest absolute Gasteiger partial charge is 0.428 e. The van der Waals surface area contributed by atoms with E-state index in [2.05, 4.69) is 11.3 Å². The van der Waals surface area contributed by atoms with Crippen molar-refractivity contribution in [1.82, 2.24) is 0 Å². The number of alkyl halides is 3. The van der Waals surface area contributed by atoms with Crippen LogP contribution in [0.25, 0.3) is 0 Å². The van der Waals surface area contributed by atoms with Crippen molar-refractivity contribution in [1.29, 1.82) is 0 Å². The van der Waals surface area contributed by atoms with Crippen LogP contribution in [-0.4, -0.2) is 24.2 Å². The number of hydrogen-bond acceptors (Lipinski definition) is 3. The molecule has 1 N–H and O–H groups in total. The van der Waals surface area contributed by atoms with Crippen LogP contribution in [0.3, 0.4) is 0 Å². The Balaban J connectivity index is 2.15. The zero-order valence-electron chi connectivity index (χ0n) is 14.5. The SMILES string of the molecule is C=C(OC)C(O)(c1ccc(CC(=O)Cc2ccc(Cl)cc2)cc1)C(F)(F)F. The van der Waals surface area contributed by atoms with Crippen molar-refractivity contribution in [2.45, 2.75) is 24.6 Å². The van der Waals surface area contributed by atoms with Crippen LogP contribution in [0.5, 0.6) is 0 Å². The number of ketones is 1. The number of carbonyl (C=O) groups is 1. The fraction of sp³-hybridized carbons (Fsp3) is 0.250. The van der Waals surface area contributed by atoms with Crippen molar-refractivity contribution >= 4 is 17.4 Å². The number of aliphatic hydroxyl groups is 1. The largest absolute Gasteiger partial charge is 0.498 e. The highest BCUT2D eigenvalue weighted by Crippen LogP contribution is 2.44. The molecule has 0 aliphatic heterocycles. The summed E-state index contributed by atoms with van der Waals surface area (Å²) < 4.78 is 44.6. The van der Waals surface area contributed by atoms with Crippen LogP contribution in [0.15, 0.2) is 60.9 Å². The molecule has 0 bridgehead atoms. The zero-order valence-corrected chi connectivity index (χ0v) is 15.3.